The minimum Gasteiger partial charge on any atom is -0.348 e. The number of hydrogen-bond donors (Lipinski definition) is 1. The summed E-state index contributed by atoms with van der Waals surface area (Å²) in [5, 5.41) is 2.78. The Morgan fingerprint density at radius 3 is 2.47 bits per heavy atom. The van der Waals surface area contributed by atoms with Gasteiger partial charge in [0.1, 0.15) is 17.5 Å². The fraction of sp³-hybridized carbons (Fsp3) is 0.208. The van der Waals surface area contributed by atoms with Crippen molar-refractivity contribution in [2.24, 2.45) is 0 Å². The van der Waals surface area contributed by atoms with Gasteiger partial charge in [-0.05, 0) is 48.4 Å². The molecule has 0 radical (unpaired) electrons. The molecule has 2 heterocycles. The molecular formula is C24H22F2N4O2. The van der Waals surface area contributed by atoms with Gasteiger partial charge in [-0.3, -0.25) is 9.59 Å². The molecule has 0 atom stereocenters. The molecule has 0 aliphatic carbocycles. The lowest BCUT2D eigenvalue weighted by molar-refractivity contribution is 0.0728. The topological polar surface area (TPSA) is 65.5 Å². The smallest absolute Gasteiger partial charge is 0.258 e. The van der Waals surface area contributed by atoms with Gasteiger partial charge in [0.15, 0.2) is 0 Å². The SMILES string of the molecule is O=C(NCc1ccc(F)cc1)c1ccc(N2CCCN(C(=O)c3ccccc3F)C2)nc1. The van der Waals surface area contributed by atoms with Crippen LogP contribution in [0.25, 0.3) is 0 Å². The molecule has 0 spiro atoms. The van der Waals surface area contributed by atoms with E-state index in [9.17, 15) is 18.4 Å². The molecule has 3 aromatic rings. The Morgan fingerprint density at radius 1 is 0.969 bits per heavy atom. The second-order valence-electron chi connectivity index (χ2n) is 7.52. The summed E-state index contributed by atoms with van der Waals surface area (Å²) in [6, 6.07) is 15.3. The number of carbonyl (C=O) groups is 2. The highest BCUT2D eigenvalue weighted by Crippen LogP contribution is 2.19. The molecule has 1 aliphatic heterocycles. The van der Waals surface area contributed by atoms with Gasteiger partial charge in [-0.15, -0.1) is 0 Å². The highest BCUT2D eigenvalue weighted by Gasteiger charge is 2.25. The van der Waals surface area contributed by atoms with E-state index in [0.29, 0.717) is 24.5 Å². The number of nitrogens with zero attached hydrogens (tertiary/aromatic N) is 3. The van der Waals surface area contributed by atoms with Crippen LogP contribution in [0.1, 0.15) is 32.7 Å². The highest BCUT2D eigenvalue weighted by atomic mass is 19.1. The largest absolute Gasteiger partial charge is 0.348 e. The van der Waals surface area contributed by atoms with Crippen molar-refractivity contribution in [2.45, 2.75) is 13.0 Å². The summed E-state index contributed by atoms with van der Waals surface area (Å²) in [5.41, 5.74) is 1.24. The zero-order valence-corrected chi connectivity index (χ0v) is 17.3. The number of nitrogens with one attached hydrogen (secondary N) is 1. The fourth-order valence-electron chi connectivity index (χ4n) is 3.55. The molecule has 1 fully saturated rings. The maximum Gasteiger partial charge on any atom is 0.258 e. The third-order valence-electron chi connectivity index (χ3n) is 5.29. The van der Waals surface area contributed by atoms with Gasteiger partial charge in [-0.2, -0.15) is 0 Å². The predicted octanol–water partition coefficient (Wildman–Crippen LogP) is 3.60. The summed E-state index contributed by atoms with van der Waals surface area (Å²) < 4.78 is 27.0. The van der Waals surface area contributed by atoms with Crippen LogP contribution in [-0.2, 0) is 6.54 Å². The first-order valence-corrected chi connectivity index (χ1v) is 10.3. The van der Waals surface area contributed by atoms with E-state index in [-0.39, 0.29) is 36.4 Å². The number of hydrogen-bond acceptors (Lipinski definition) is 4. The molecule has 4 rings (SSSR count). The number of benzene rings is 2. The number of anilines is 1. The first-order chi connectivity index (χ1) is 15.5. The number of amides is 2. The summed E-state index contributed by atoms with van der Waals surface area (Å²) in [6.45, 7) is 1.80. The minimum atomic E-state index is -0.538. The van der Waals surface area contributed by atoms with E-state index in [2.05, 4.69) is 10.3 Å². The summed E-state index contributed by atoms with van der Waals surface area (Å²) >= 11 is 0. The molecule has 0 saturated carbocycles. The second kappa shape index (κ2) is 9.55. The predicted molar refractivity (Wildman–Crippen MR) is 116 cm³/mol. The Hall–Kier alpha value is -3.81. The van der Waals surface area contributed by atoms with Gasteiger partial charge in [-0.25, -0.2) is 13.8 Å². The monoisotopic (exact) mass is 436 g/mol. The normalized spacial score (nSPS) is 13.7. The average molecular weight is 436 g/mol. The Balaban J connectivity index is 1.37. The third-order valence-corrected chi connectivity index (χ3v) is 5.29. The molecule has 1 aliphatic rings. The van der Waals surface area contributed by atoms with Crippen LogP contribution < -0.4 is 10.2 Å². The van der Waals surface area contributed by atoms with Gasteiger partial charge >= 0.3 is 0 Å². The molecule has 1 N–H and O–H groups in total. The average Bonchev–Trinajstić information content (AvgIpc) is 2.83. The van der Waals surface area contributed by atoms with Crippen LogP contribution in [0.3, 0.4) is 0 Å². The number of aromatic nitrogens is 1. The minimum absolute atomic E-state index is 0.0514. The van der Waals surface area contributed by atoms with Crippen LogP contribution in [0.4, 0.5) is 14.6 Å². The molecule has 8 heteroatoms. The fourth-order valence-corrected chi connectivity index (χ4v) is 3.55. The molecule has 0 bridgehead atoms. The van der Waals surface area contributed by atoms with Crippen LogP contribution in [0.5, 0.6) is 0 Å². The Bertz CT molecular complexity index is 1100. The van der Waals surface area contributed by atoms with Crippen molar-refractivity contribution in [3.05, 3.63) is 95.2 Å². The number of halogens is 2. The molecule has 0 unspecified atom stereocenters. The van der Waals surface area contributed by atoms with Crippen molar-refractivity contribution in [3.8, 4) is 0 Å². The number of pyridine rings is 1. The summed E-state index contributed by atoms with van der Waals surface area (Å²) in [6.07, 6.45) is 2.20. The molecule has 1 aromatic heterocycles. The van der Waals surface area contributed by atoms with Crippen molar-refractivity contribution in [2.75, 3.05) is 24.7 Å². The van der Waals surface area contributed by atoms with Crippen LogP contribution in [-0.4, -0.2) is 41.5 Å². The van der Waals surface area contributed by atoms with E-state index in [4.69, 9.17) is 0 Å². The Labute approximate surface area is 184 Å². The Kier molecular flexibility index (Phi) is 6.39. The Morgan fingerprint density at radius 2 is 1.75 bits per heavy atom. The van der Waals surface area contributed by atoms with Crippen molar-refractivity contribution in [3.63, 3.8) is 0 Å². The molecule has 2 amide bonds. The molecule has 32 heavy (non-hydrogen) atoms. The highest BCUT2D eigenvalue weighted by molar-refractivity contribution is 5.95. The van der Waals surface area contributed by atoms with E-state index in [0.717, 1.165) is 12.0 Å². The van der Waals surface area contributed by atoms with Crippen molar-refractivity contribution < 1.29 is 18.4 Å². The maximum absolute atomic E-state index is 14.0. The summed E-state index contributed by atoms with van der Waals surface area (Å²) in [4.78, 5) is 33.0. The van der Waals surface area contributed by atoms with Crippen molar-refractivity contribution >= 4 is 17.6 Å². The number of rotatable bonds is 5. The van der Waals surface area contributed by atoms with Crippen LogP contribution in [0.15, 0.2) is 66.9 Å². The zero-order chi connectivity index (χ0) is 22.5. The maximum atomic E-state index is 14.0. The van der Waals surface area contributed by atoms with E-state index in [1.165, 1.54) is 30.5 Å². The van der Waals surface area contributed by atoms with Gasteiger partial charge in [0.05, 0.1) is 17.8 Å². The van der Waals surface area contributed by atoms with E-state index >= 15 is 0 Å². The molecular weight excluding hydrogens is 414 g/mol. The van der Waals surface area contributed by atoms with Gasteiger partial charge in [0, 0.05) is 25.8 Å². The molecule has 6 nitrogen and oxygen atoms in total. The van der Waals surface area contributed by atoms with Crippen molar-refractivity contribution in [1.82, 2.24) is 15.2 Å². The lowest BCUT2D eigenvalue weighted by Gasteiger charge is -2.36. The zero-order valence-electron chi connectivity index (χ0n) is 17.3. The standard InChI is InChI=1S/C24H22F2N4O2/c25-19-9-6-17(7-10-19)14-28-23(31)18-8-11-22(27-15-18)29-12-3-13-30(16-29)24(32)20-4-1-2-5-21(20)26/h1-2,4-11,15H,3,12-14,16H2,(H,28,31). The second-order valence-corrected chi connectivity index (χ2v) is 7.52. The molecule has 2 aromatic carbocycles. The summed E-state index contributed by atoms with van der Waals surface area (Å²) in [7, 11) is 0. The van der Waals surface area contributed by atoms with Crippen LogP contribution in [0.2, 0.25) is 0 Å². The quantitative estimate of drug-likeness (QED) is 0.664. The first kappa shape index (κ1) is 21.4. The van der Waals surface area contributed by atoms with Crippen LogP contribution >= 0.6 is 0 Å². The van der Waals surface area contributed by atoms with E-state index in [1.54, 1.807) is 41.3 Å². The van der Waals surface area contributed by atoms with Gasteiger partial charge in [0.2, 0.25) is 0 Å². The number of carbonyl (C=O) groups excluding carboxylic acids is 2. The van der Waals surface area contributed by atoms with E-state index < -0.39 is 5.82 Å². The van der Waals surface area contributed by atoms with Gasteiger partial charge in [0.25, 0.3) is 11.8 Å². The van der Waals surface area contributed by atoms with Gasteiger partial charge in [-0.1, -0.05) is 24.3 Å². The third kappa shape index (κ3) is 4.91. The lowest BCUT2D eigenvalue weighted by Crippen LogP contribution is -2.48. The first-order valence-electron chi connectivity index (χ1n) is 10.3. The van der Waals surface area contributed by atoms with E-state index in [1.807, 2.05) is 4.90 Å². The van der Waals surface area contributed by atoms with Gasteiger partial charge < -0.3 is 15.1 Å². The summed E-state index contributed by atoms with van der Waals surface area (Å²) in [5.74, 6) is -0.880. The van der Waals surface area contributed by atoms with Crippen LogP contribution in [0, 0.1) is 11.6 Å². The molecule has 164 valence electrons. The molecule has 1 saturated heterocycles. The van der Waals surface area contributed by atoms with Crippen molar-refractivity contribution in [1.29, 1.82) is 0 Å². The lowest BCUT2D eigenvalue weighted by atomic mass is 10.1.